The molecule has 0 aliphatic rings. The van der Waals surface area contributed by atoms with Crippen molar-refractivity contribution >= 4 is 17.7 Å². The minimum atomic E-state index is -0.0322. The third kappa shape index (κ3) is 8.12. The smallest absolute Gasteiger partial charge is 0.246 e. The average Bonchev–Trinajstić information content (AvgIpc) is 2.01. The number of carbonyl (C=O) groups excluding carboxylic acids is 1. The second-order valence-corrected chi connectivity index (χ2v) is 4.19. The zero-order chi connectivity index (χ0) is 10.3. The second-order valence-electron chi connectivity index (χ2n) is 3.28. The molecular weight excluding hydrogens is 186 g/mol. The summed E-state index contributed by atoms with van der Waals surface area (Å²) in [6, 6.07) is 0.221. The lowest BCUT2D eigenvalue weighted by Gasteiger charge is -2.13. The number of ether oxygens (including phenoxy) is 1. The van der Waals surface area contributed by atoms with Crippen molar-refractivity contribution in [1.82, 2.24) is 5.32 Å². The van der Waals surface area contributed by atoms with E-state index < -0.39 is 0 Å². The van der Waals surface area contributed by atoms with Crippen LogP contribution in [0.2, 0.25) is 0 Å². The molecule has 1 N–H and O–H groups in total. The minimum Gasteiger partial charge on any atom is -0.369 e. The maximum absolute atomic E-state index is 11.2. The van der Waals surface area contributed by atoms with Gasteiger partial charge in [-0.25, -0.2) is 0 Å². The normalized spacial score (nSPS) is 13.0. The average molecular weight is 205 g/mol. The van der Waals surface area contributed by atoms with Crippen LogP contribution in [0.25, 0.3) is 0 Å². The van der Waals surface area contributed by atoms with Crippen LogP contribution in [0, 0.1) is 0 Å². The van der Waals surface area contributed by atoms with Gasteiger partial charge in [0.25, 0.3) is 0 Å². The minimum absolute atomic E-state index is 0.0322. The molecule has 0 fully saturated rings. The summed E-state index contributed by atoms with van der Waals surface area (Å²) in [6.07, 6.45) is 2.13. The molecule has 1 unspecified atom stereocenters. The van der Waals surface area contributed by atoms with Crippen molar-refractivity contribution < 1.29 is 9.53 Å². The van der Waals surface area contributed by atoms with Crippen LogP contribution in [0.5, 0.6) is 0 Å². The SMILES string of the molecule is CSCC(C)NC(=O)COC(C)C. The summed E-state index contributed by atoms with van der Waals surface area (Å²) in [7, 11) is 0. The molecule has 0 aromatic heterocycles. The Morgan fingerprint density at radius 2 is 2.08 bits per heavy atom. The summed E-state index contributed by atoms with van der Waals surface area (Å²) in [4.78, 5) is 11.2. The van der Waals surface area contributed by atoms with E-state index in [2.05, 4.69) is 5.32 Å². The van der Waals surface area contributed by atoms with Crippen LogP contribution in [0.4, 0.5) is 0 Å². The fourth-order valence-corrected chi connectivity index (χ4v) is 1.43. The van der Waals surface area contributed by atoms with E-state index in [1.54, 1.807) is 11.8 Å². The number of carbonyl (C=O) groups is 1. The molecule has 0 aliphatic carbocycles. The van der Waals surface area contributed by atoms with Gasteiger partial charge in [0.15, 0.2) is 0 Å². The van der Waals surface area contributed by atoms with Crippen LogP contribution in [0.3, 0.4) is 0 Å². The molecule has 0 aliphatic heterocycles. The number of hydrogen-bond donors (Lipinski definition) is 1. The Hall–Kier alpha value is -0.220. The van der Waals surface area contributed by atoms with Crippen molar-refractivity contribution in [3.63, 3.8) is 0 Å². The van der Waals surface area contributed by atoms with Gasteiger partial charge in [-0.1, -0.05) is 0 Å². The van der Waals surface area contributed by atoms with Crippen molar-refractivity contribution in [1.29, 1.82) is 0 Å². The van der Waals surface area contributed by atoms with Crippen LogP contribution in [0.1, 0.15) is 20.8 Å². The molecule has 0 aromatic rings. The molecule has 0 spiro atoms. The molecule has 1 atom stereocenters. The Morgan fingerprint density at radius 3 is 2.54 bits per heavy atom. The first kappa shape index (κ1) is 12.8. The Kier molecular flexibility index (Phi) is 7.09. The lowest BCUT2D eigenvalue weighted by atomic mass is 10.4. The molecule has 1 amide bonds. The highest BCUT2D eigenvalue weighted by Crippen LogP contribution is 1.96. The van der Waals surface area contributed by atoms with Gasteiger partial charge in [0, 0.05) is 11.8 Å². The first-order valence-corrected chi connectivity index (χ1v) is 5.85. The van der Waals surface area contributed by atoms with E-state index >= 15 is 0 Å². The van der Waals surface area contributed by atoms with Crippen LogP contribution in [-0.2, 0) is 9.53 Å². The topological polar surface area (TPSA) is 38.3 Å². The molecule has 3 nitrogen and oxygen atoms in total. The van der Waals surface area contributed by atoms with E-state index in [1.165, 1.54) is 0 Å². The number of nitrogens with one attached hydrogen (secondary N) is 1. The van der Waals surface area contributed by atoms with Crippen LogP contribution < -0.4 is 5.32 Å². The molecular formula is C9H19NO2S. The lowest BCUT2D eigenvalue weighted by molar-refractivity contribution is -0.127. The van der Waals surface area contributed by atoms with Crippen LogP contribution in [0.15, 0.2) is 0 Å². The van der Waals surface area contributed by atoms with Crippen molar-refractivity contribution in [3.05, 3.63) is 0 Å². The van der Waals surface area contributed by atoms with Gasteiger partial charge in [-0.3, -0.25) is 4.79 Å². The molecule has 0 rings (SSSR count). The molecule has 13 heavy (non-hydrogen) atoms. The predicted octanol–water partition coefficient (Wildman–Crippen LogP) is 1.28. The Balaban J connectivity index is 3.50. The second kappa shape index (κ2) is 7.21. The molecule has 0 aromatic carbocycles. The number of thioether (sulfide) groups is 1. The standard InChI is InChI=1S/C9H19NO2S/c1-7(2)12-5-9(11)10-8(3)6-13-4/h7-8H,5-6H2,1-4H3,(H,10,11). The molecule has 0 heterocycles. The van der Waals surface area contributed by atoms with Gasteiger partial charge in [-0.15, -0.1) is 0 Å². The molecule has 78 valence electrons. The van der Waals surface area contributed by atoms with Crippen LogP contribution >= 0.6 is 11.8 Å². The van der Waals surface area contributed by atoms with Crippen molar-refractivity contribution in [2.24, 2.45) is 0 Å². The van der Waals surface area contributed by atoms with Gasteiger partial charge < -0.3 is 10.1 Å². The van der Waals surface area contributed by atoms with Crippen molar-refractivity contribution in [2.75, 3.05) is 18.6 Å². The zero-order valence-electron chi connectivity index (χ0n) is 8.79. The summed E-state index contributed by atoms with van der Waals surface area (Å²) in [5.74, 6) is 0.906. The van der Waals surface area contributed by atoms with Gasteiger partial charge in [0.05, 0.1) is 6.10 Å². The predicted molar refractivity (Wildman–Crippen MR) is 57.1 cm³/mol. The largest absolute Gasteiger partial charge is 0.369 e. The molecule has 4 heteroatoms. The van der Waals surface area contributed by atoms with E-state index in [-0.39, 0.29) is 24.7 Å². The van der Waals surface area contributed by atoms with E-state index in [0.717, 1.165) is 5.75 Å². The number of amides is 1. The molecule has 0 saturated carbocycles. The fraction of sp³-hybridized carbons (Fsp3) is 0.889. The maximum atomic E-state index is 11.2. The highest BCUT2D eigenvalue weighted by molar-refractivity contribution is 7.98. The highest BCUT2D eigenvalue weighted by Gasteiger charge is 2.06. The Labute approximate surface area is 84.6 Å². The molecule has 0 bridgehead atoms. The molecule has 0 saturated heterocycles. The lowest BCUT2D eigenvalue weighted by Crippen LogP contribution is -2.37. The first-order chi connectivity index (χ1) is 6.06. The first-order valence-electron chi connectivity index (χ1n) is 4.46. The monoisotopic (exact) mass is 205 g/mol. The Bertz CT molecular complexity index is 151. The quantitative estimate of drug-likeness (QED) is 0.710. The summed E-state index contributed by atoms with van der Waals surface area (Å²) < 4.78 is 5.16. The van der Waals surface area contributed by atoms with E-state index in [1.807, 2.05) is 27.0 Å². The van der Waals surface area contributed by atoms with Gasteiger partial charge in [-0.2, -0.15) is 11.8 Å². The van der Waals surface area contributed by atoms with E-state index in [9.17, 15) is 4.79 Å². The van der Waals surface area contributed by atoms with Gasteiger partial charge >= 0.3 is 0 Å². The number of rotatable bonds is 6. The summed E-state index contributed by atoms with van der Waals surface area (Å²) >= 11 is 1.72. The fourth-order valence-electron chi connectivity index (χ4n) is 0.851. The van der Waals surface area contributed by atoms with E-state index in [0.29, 0.717) is 0 Å². The maximum Gasteiger partial charge on any atom is 0.246 e. The Morgan fingerprint density at radius 1 is 1.46 bits per heavy atom. The third-order valence-electron chi connectivity index (χ3n) is 1.37. The van der Waals surface area contributed by atoms with Crippen molar-refractivity contribution in [2.45, 2.75) is 32.9 Å². The number of hydrogen-bond acceptors (Lipinski definition) is 3. The van der Waals surface area contributed by atoms with E-state index in [4.69, 9.17) is 4.74 Å². The van der Waals surface area contributed by atoms with Gasteiger partial charge in [0.1, 0.15) is 6.61 Å². The highest BCUT2D eigenvalue weighted by atomic mass is 32.2. The summed E-state index contributed by atoms with van der Waals surface area (Å²) in [5.41, 5.74) is 0. The van der Waals surface area contributed by atoms with Gasteiger partial charge in [-0.05, 0) is 27.0 Å². The van der Waals surface area contributed by atoms with Crippen molar-refractivity contribution in [3.8, 4) is 0 Å². The third-order valence-corrected chi connectivity index (χ3v) is 2.21. The summed E-state index contributed by atoms with van der Waals surface area (Å²) in [6.45, 7) is 5.98. The summed E-state index contributed by atoms with van der Waals surface area (Å²) in [5, 5.41) is 2.85. The molecule has 0 radical (unpaired) electrons. The van der Waals surface area contributed by atoms with Crippen LogP contribution in [-0.4, -0.2) is 36.7 Å². The van der Waals surface area contributed by atoms with Gasteiger partial charge in [0.2, 0.25) is 5.91 Å². The zero-order valence-corrected chi connectivity index (χ0v) is 9.61.